The lowest BCUT2D eigenvalue weighted by atomic mass is 10.1. The van der Waals surface area contributed by atoms with Gasteiger partial charge in [0.05, 0.1) is 0 Å². The summed E-state index contributed by atoms with van der Waals surface area (Å²) in [5, 5.41) is 11.6. The van der Waals surface area contributed by atoms with Gasteiger partial charge in [-0.3, -0.25) is 4.79 Å². The van der Waals surface area contributed by atoms with Crippen molar-refractivity contribution in [3.63, 3.8) is 0 Å². The van der Waals surface area contributed by atoms with E-state index in [0.29, 0.717) is 12.0 Å². The number of amides is 1. The van der Waals surface area contributed by atoms with Gasteiger partial charge in [0.1, 0.15) is 0 Å². The number of benzene rings is 1. The van der Waals surface area contributed by atoms with Gasteiger partial charge in [0.2, 0.25) is 5.91 Å². The first-order chi connectivity index (χ1) is 8.15. The SMILES string of the molecule is CCCCC(=O)N[C@@H](C(=O)O)c1ccccc1. The number of aliphatic carboxylic acids is 1. The molecule has 0 heterocycles. The van der Waals surface area contributed by atoms with E-state index in [-0.39, 0.29) is 5.91 Å². The Bertz CT molecular complexity index is 376. The molecule has 92 valence electrons. The second-order valence-corrected chi connectivity index (χ2v) is 3.85. The maximum absolute atomic E-state index is 11.5. The van der Waals surface area contributed by atoms with Crippen LogP contribution in [0.15, 0.2) is 30.3 Å². The Balaban J connectivity index is 2.68. The molecule has 0 unspecified atom stereocenters. The lowest BCUT2D eigenvalue weighted by molar-refractivity contribution is -0.142. The fourth-order valence-electron chi connectivity index (χ4n) is 1.50. The van der Waals surface area contributed by atoms with Crippen LogP contribution in [-0.4, -0.2) is 17.0 Å². The largest absolute Gasteiger partial charge is 0.479 e. The number of hydrogen-bond donors (Lipinski definition) is 2. The molecule has 1 amide bonds. The van der Waals surface area contributed by atoms with Crippen molar-refractivity contribution < 1.29 is 14.7 Å². The minimum atomic E-state index is -1.04. The van der Waals surface area contributed by atoms with Crippen LogP contribution in [0, 0.1) is 0 Å². The predicted molar refractivity (Wildman–Crippen MR) is 64.5 cm³/mol. The number of carbonyl (C=O) groups is 2. The van der Waals surface area contributed by atoms with Gasteiger partial charge in [0.15, 0.2) is 6.04 Å². The molecule has 1 rings (SSSR count). The van der Waals surface area contributed by atoms with Crippen LogP contribution < -0.4 is 5.32 Å². The summed E-state index contributed by atoms with van der Waals surface area (Å²) in [6.45, 7) is 1.99. The summed E-state index contributed by atoms with van der Waals surface area (Å²) in [7, 11) is 0. The number of nitrogens with one attached hydrogen (secondary N) is 1. The molecule has 0 saturated carbocycles. The van der Waals surface area contributed by atoms with E-state index in [1.807, 2.05) is 6.92 Å². The van der Waals surface area contributed by atoms with Crippen molar-refractivity contribution in [1.82, 2.24) is 5.32 Å². The first-order valence-corrected chi connectivity index (χ1v) is 5.72. The second-order valence-electron chi connectivity index (χ2n) is 3.85. The molecule has 4 nitrogen and oxygen atoms in total. The van der Waals surface area contributed by atoms with Crippen molar-refractivity contribution in [3.05, 3.63) is 35.9 Å². The lowest BCUT2D eigenvalue weighted by Crippen LogP contribution is -2.33. The molecule has 0 bridgehead atoms. The molecule has 2 N–H and O–H groups in total. The summed E-state index contributed by atoms with van der Waals surface area (Å²) < 4.78 is 0. The highest BCUT2D eigenvalue weighted by molar-refractivity contribution is 5.84. The molecule has 1 atom stereocenters. The average Bonchev–Trinajstić information content (AvgIpc) is 2.34. The highest BCUT2D eigenvalue weighted by atomic mass is 16.4. The molecule has 0 aliphatic carbocycles. The van der Waals surface area contributed by atoms with Gasteiger partial charge in [0, 0.05) is 6.42 Å². The number of hydrogen-bond acceptors (Lipinski definition) is 2. The quantitative estimate of drug-likeness (QED) is 0.793. The molecule has 4 heteroatoms. The second kappa shape index (κ2) is 6.68. The first-order valence-electron chi connectivity index (χ1n) is 5.72. The van der Waals surface area contributed by atoms with Gasteiger partial charge in [-0.1, -0.05) is 43.7 Å². The van der Waals surface area contributed by atoms with E-state index >= 15 is 0 Å². The van der Waals surface area contributed by atoms with E-state index in [2.05, 4.69) is 5.32 Å². The summed E-state index contributed by atoms with van der Waals surface area (Å²) in [6.07, 6.45) is 2.05. The van der Waals surface area contributed by atoms with Gasteiger partial charge in [-0.15, -0.1) is 0 Å². The van der Waals surface area contributed by atoms with E-state index in [0.717, 1.165) is 12.8 Å². The fraction of sp³-hybridized carbons (Fsp3) is 0.385. The highest BCUT2D eigenvalue weighted by Gasteiger charge is 2.21. The third-order valence-corrected chi connectivity index (χ3v) is 2.44. The molecule has 0 saturated heterocycles. The molecule has 0 spiro atoms. The van der Waals surface area contributed by atoms with Crippen LogP contribution in [-0.2, 0) is 9.59 Å². The van der Waals surface area contributed by atoms with Crippen molar-refractivity contribution in [2.75, 3.05) is 0 Å². The third kappa shape index (κ3) is 4.26. The van der Waals surface area contributed by atoms with Crippen LogP contribution in [0.4, 0.5) is 0 Å². The van der Waals surface area contributed by atoms with E-state index < -0.39 is 12.0 Å². The molecule has 1 aromatic carbocycles. The summed E-state index contributed by atoms with van der Waals surface area (Å²) in [5.74, 6) is -1.26. The Morgan fingerprint density at radius 2 is 1.94 bits per heavy atom. The van der Waals surface area contributed by atoms with Crippen molar-refractivity contribution in [3.8, 4) is 0 Å². The smallest absolute Gasteiger partial charge is 0.330 e. The standard InChI is InChI=1S/C13H17NO3/c1-2-3-9-11(15)14-12(13(16)17)10-7-5-4-6-8-10/h4-8,12H,2-3,9H2,1H3,(H,14,15)(H,16,17)/t12-/m1/s1. The van der Waals surface area contributed by atoms with Crippen LogP contribution >= 0.6 is 0 Å². The Morgan fingerprint density at radius 1 is 1.29 bits per heavy atom. The lowest BCUT2D eigenvalue weighted by Gasteiger charge is -2.14. The Labute approximate surface area is 101 Å². The van der Waals surface area contributed by atoms with Crippen molar-refractivity contribution in [2.24, 2.45) is 0 Å². The zero-order chi connectivity index (χ0) is 12.7. The molecule has 0 aliphatic rings. The summed E-state index contributed by atoms with van der Waals surface area (Å²) >= 11 is 0. The summed E-state index contributed by atoms with van der Waals surface area (Å²) in [4.78, 5) is 22.6. The van der Waals surface area contributed by atoms with Crippen molar-refractivity contribution >= 4 is 11.9 Å². The number of rotatable bonds is 6. The van der Waals surface area contributed by atoms with Crippen LogP contribution in [0.25, 0.3) is 0 Å². The molecule has 1 aromatic rings. The van der Waals surface area contributed by atoms with Crippen LogP contribution in [0.5, 0.6) is 0 Å². The number of carbonyl (C=O) groups excluding carboxylic acids is 1. The number of carboxylic acids is 1. The minimum absolute atomic E-state index is 0.219. The van der Waals surface area contributed by atoms with Gasteiger partial charge >= 0.3 is 5.97 Å². The van der Waals surface area contributed by atoms with Crippen molar-refractivity contribution in [1.29, 1.82) is 0 Å². The first kappa shape index (κ1) is 13.2. The topological polar surface area (TPSA) is 66.4 Å². The maximum atomic E-state index is 11.5. The molecule has 0 radical (unpaired) electrons. The molecular formula is C13H17NO3. The normalized spacial score (nSPS) is 11.8. The monoisotopic (exact) mass is 235 g/mol. The van der Waals surface area contributed by atoms with Gasteiger partial charge in [-0.2, -0.15) is 0 Å². The molecular weight excluding hydrogens is 218 g/mol. The highest BCUT2D eigenvalue weighted by Crippen LogP contribution is 2.13. The van der Waals surface area contributed by atoms with Crippen molar-refractivity contribution in [2.45, 2.75) is 32.2 Å². The average molecular weight is 235 g/mol. The van der Waals surface area contributed by atoms with Gasteiger partial charge in [-0.25, -0.2) is 4.79 Å². The summed E-state index contributed by atoms with van der Waals surface area (Å²) in [6, 6.07) is 7.74. The molecule has 17 heavy (non-hydrogen) atoms. The van der Waals surface area contributed by atoms with E-state index in [9.17, 15) is 9.59 Å². The number of carboxylic acid groups (broad SMARTS) is 1. The predicted octanol–water partition coefficient (Wildman–Crippen LogP) is 2.12. The van der Waals surface area contributed by atoms with Crippen LogP contribution in [0.2, 0.25) is 0 Å². The Kier molecular flexibility index (Phi) is 5.20. The van der Waals surface area contributed by atoms with Gasteiger partial charge < -0.3 is 10.4 Å². The summed E-state index contributed by atoms with van der Waals surface area (Å²) in [5.41, 5.74) is 0.588. The Morgan fingerprint density at radius 3 is 2.47 bits per heavy atom. The van der Waals surface area contributed by atoms with Gasteiger partial charge in [0.25, 0.3) is 0 Å². The van der Waals surface area contributed by atoms with E-state index in [1.165, 1.54) is 0 Å². The maximum Gasteiger partial charge on any atom is 0.330 e. The van der Waals surface area contributed by atoms with Gasteiger partial charge in [-0.05, 0) is 12.0 Å². The third-order valence-electron chi connectivity index (χ3n) is 2.44. The zero-order valence-electron chi connectivity index (χ0n) is 9.85. The zero-order valence-corrected chi connectivity index (χ0v) is 9.85. The minimum Gasteiger partial charge on any atom is -0.479 e. The fourth-order valence-corrected chi connectivity index (χ4v) is 1.50. The van der Waals surface area contributed by atoms with E-state index in [4.69, 9.17) is 5.11 Å². The van der Waals surface area contributed by atoms with Crippen LogP contribution in [0.1, 0.15) is 37.8 Å². The molecule has 0 aliphatic heterocycles. The Hall–Kier alpha value is -1.84. The molecule has 0 fully saturated rings. The van der Waals surface area contributed by atoms with E-state index in [1.54, 1.807) is 30.3 Å². The van der Waals surface area contributed by atoms with Crippen LogP contribution in [0.3, 0.4) is 0 Å². The molecule has 0 aromatic heterocycles. The number of unbranched alkanes of at least 4 members (excludes halogenated alkanes) is 1.